The summed E-state index contributed by atoms with van der Waals surface area (Å²) in [6.07, 6.45) is 2.87. The standard InChI is InChI=1S/C19H25N3O3/c1-25-14-6-5-13-11-16(20-15(13)12-14)19(24)22-9-7-21(8-10-22)17-3-2-4-18(17)23/h5-6,11-12,17-18,20,23H,2-4,7-10H2,1H3/t17-,18-/m1/s1. The highest BCUT2D eigenvalue weighted by atomic mass is 16.5. The largest absolute Gasteiger partial charge is 0.497 e. The summed E-state index contributed by atoms with van der Waals surface area (Å²) in [5, 5.41) is 11.1. The average Bonchev–Trinajstić information content (AvgIpc) is 3.26. The van der Waals surface area contributed by atoms with E-state index in [1.807, 2.05) is 29.2 Å². The Labute approximate surface area is 147 Å². The van der Waals surface area contributed by atoms with E-state index in [1.54, 1.807) is 7.11 Å². The number of fused-ring (bicyclic) bond motifs is 1. The van der Waals surface area contributed by atoms with Gasteiger partial charge in [0.1, 0.15) is 11.4 Å². The average molecular weight is 343 g/mol. The van der Waals surface area contributed by atoms with E-state index in [-0.39, 0.29) is 18.1 Å². The van der Waals surface area contributed by atoms with Crippen molar-refractivity contribution >= 4 is 16.8 Å². The van der Waals surface area contributed by atoms with Crippen LogP contribution in [0.4, 0.5) is 0 Å². The zero-order valence-electron chi connectivity index (χ0n) is 14.6. The van der Waals surface area contributed by atoms with Crippen molar-refractivity contribution in [2.75, 3.05) is 33.3 Å². The Morgan fingerprint density at radius 3 is 2.68 bits per heavy atom. The van der Waals surface area contributed by atoms with E-state index in [4.69, 9.17) is 4.74 Å². The molecular weight excluding hydrogens is 318 g/mol. The van der Waals surface area contributed by atoms with Crippen LogP contribution < -0.4 is 4.74 Å². The molecule has 0 bridgehead atoms. The Kier molecular flexibility index (Phi) is 4.39. The number of nitrogens with one attached hydrogen (secondary N) is 1. The number of hydrogen-bond acceptors (Lipinski definition) is 4. The first-order valence-electron chi connectivity index (χ1n) is 9.04. The van der Waals surface area contributed by atoms with Gasteiger partial charge in [-0.3, -0.25) is 9.69 Å². The van der Waals surface area contributed by atoms with Crippen LogP contribution in [0.3, 0.4) is 0 Å². The van der Waals surface area contributed by atoms with Crippen LogP contribution in [0.2, 0.25) is 0 Å². The maximum Gasteiger partial charge on any atom is 0.270 e. The molecule has 2 atom stereocenters. The summed E-state index contributed by atoms with van der Waals surface area (Å²) in [7, 11) is 1.64. The Morgan fingerprint density at radius 2 is 2.00 bits per heavy atom. The first-order chi connectivity index (χ1) is 12.2. The topological polar surface area (TPSA) is 68.8 Å². The molecule has 6 nitrogen and oxygen atoms in total. The third-order valence-electron chi connectivity index (χ3n) is 5.57. The fourth-order valence-corrected chi connectivity index (χ4v) is 4.12. The number of carbonyl (C=O) groups excluding carboxylic acids is 1. The van der Waals surface area contributed by atoms with Gasteiger partial charge in [0.25, 0.3) is 5.91 Å². The zero-order valence-corrected chi connectivity index (χ0v) is 14.6. The number of aromatic nitrogens is 1. The molecule has 4 rings (SSSR count). The Balaban J connectivity index is 1.43. The van der Waals surface area contributed by atoms with Crippen LogP contribution in [-0.4, -0.2) is 71.2 Å². The Morgan fingerprint density at radius 1 is 1.20 bits per heavy atom. The second-order valence-corrected chi connectivity index (χ2v) is 7.03. The molecule has 1 saturated carbocycles. The van der Waals surface area contributed by atoms with Gasteiger partial charge in [0.05, 0.1) is 13.2 Å². The number of piperazine rings is 1. The van der Waals surface area contributed by atoms with Crippen LogP contribution in [0.5, 0.6) is 5.75 Å². The lowest BCUT2D eigenvalue weighted by molar-refractivity contribution is 0.0313. The minimum absolute atomic E-state index is 0.0433. The van der Waals surface area contributed by atoms with Gasteiger partial charge in [-0.05, 0) is 37.5 Å². The molecule has 1 aliphatic heterocycles. The maximum atomic E-state index is 12.8. The molecule has 25 heavy (non-hydrogen) atoms. The van der Waals surface area contributed by atoms with Gasteiger partial charge in [-0.15, -0.1) is 0 Å². The van der Waals surface area contributed by atoms with E-state index in [0.29, 0.717) is 18.8 Å². The number of benzene rings is 1. The number of aromatic amines is 1. The van der Waals surface area contributed by atoms with E-state index in [1.165, 1.54) is 0 Å². The summed E-state index contributed by atoms with van der Waals surface area (Å²) in [6, 6.07) is 7.95. The normalized spacial score (nSPS) is 24.8. The number of hydrogen-bond donors (Lipinski definition) is 2. The molecule has 0 radical (unpaired) electrons. The Bertz CT molecular complexity index is 764. The minimum atomic E-state index is -0.203. The van der Waals surface area contributed by atoms with Crippen LogP contribution in [0.25, 0.3) is 10.9 Å². The fourth-order valence-electron chi connectivity index (χ4n) is 4.12. The number of methoxy groups -OCH3 is 1. The molecule has 1 aromatic heterocycles. The monoisotopic (exact) mass is 343 g/mol. The number of aliphatic hydroxyl groups is 1. The van der Waals surface area contributed by atoms with Crippen molar-refractivity contribution in [3.63, 3.8) is 0 Å². The van der Waals surface area contributed by atoms with Gasteiger partial charge >= 0.3 is 0 Å². The van der Waals surface area contributed by atoms with Gasteiger partial charge in [0.15, 0.2) is 0 Å². The third kappa shape index (κ3) is 3.12. The lowest BCUT2D eigenvalue weighted by Crippen LogP contribution is -2.53. The van der Waals surface area contributed by atoms with Gasteiger partial charge in [-0.25, -0.2) is 0 Å². The molecule has 2 fully saturated rings. The molecule has 1 amide bonds. The number of rotatable bonds is 3. The van der Waals surface area contributed by atoms with Crippen molar-refractivity contribution in [3.8, 4) is 5.75 Å². The molecule has 134 valence electrons. The number of aliphatic hydroxyl groups excluding tert-OH is 1. The number of carbonyl (C=O) groups is 1. The predicted molar refractivity (Wildman–Crippen MR) is 96.0 cm³/mol. The van der Waals surface area contributed by atoms with Gasteiger partial charge in [0.2, 0.25) is 0 Å². The predicted octanol–water partition coefficient (Wildman–Crippen LogP) is 1.85. The van der Waals surface area contributed by atoms with Gasteiger partial charge in [0, 0.05) is 49.2 Å². The smallest absolute Gasteiger partial charge is 0.270 e. The second kappa shape index (κ2) is 6.69. The van der Waals surface area contributed by atoms with Crippen LogP contribution in [-0.2, 0) is 0 Å². The molecule has 2 heterocycles. The molecule has 1 aliphatic carbocycles. The number of ether oxygens (including phenoxy) is 1. The van der Waals surface area contributed by atoms with Crippen LogP contribution >= 0.6 is 0 Å². The van der Waals surface area contributed by atoms with Crippen LogP contribution in [0.1, 0.15) is 29.8 Å². The molecule has 1 saturated heterocycles. The molecule has 2 N–H and O–H groups in total. The highest BCUT2D eigenvalue weighted by Gasteiger charge is 2.33. The van der Waals surface area contributed by atoms with Crippen molar-refractivity contribution < 1.29 is 14.6 Å². The lowest BCUT2D eigenvalue weighted by Gasteiger charge is -2.38. The number of amides is 1. The lowest BCUT2D eigenvalue weighted by atomic mass is 10.1. The van der Waals surface area contributed by atoms with Crippen molar-refractivity contribution in [1.82, 2.24) is 14.8 Å². The first kappa shape index (κ1) is 16.4. The van der Waals surface area contributed by atoms with E-state index in [0.717, 1.165) is 49.0 Å². The van der Waals surface area contributed by atoms with E-state index in [2.05, 4.69) is 9.88 Å². The molecule has 2 aliphatic rings. The highest BCUT2D eigenvalue weighted by Crippen LogP contribution is 2.26. The van der Waals surface area contributed by atoms with Crippen molar-refractivity contribution in [1.29, 1.82) is 0 Å². The van der Waals surface area contributed by atoms with E-state index < -0.39 is 0 Å². The minimum Gasteiger partial charge on any atom is -0.497 e. The van der Waals surface area contributed by atoms with E-state index >= 15 is 0 Å². The van der Waals surface area contributed by atoms with Crippen LogP contribution in [0, 0.1) is 0 Å². The van der Waals surface area contributed by atoms with Crippen molar-refractivity contribution in [3.05, 3.63) is 30.0 Å². The molecule has 6 heteroatoms. The van der Waals surface area contributed by atoms with Gasteiger partial charge < -0.3 is 19.7 Å². The molecule has 1 aromatic carbocycles. The zero-order chi connectivity index (χ0) is 17.4. The SMILES string of the molecule is COc1ccc2cc(C(=O)N3CCN([C@@H]4CCC[C@H]4O)CC3)[nH]c2c1. The quantitative estimate of drug-likeness (QED) is 0.892. The third-order valence-corrected chi connectivity index (χ3v) is 5.57. The first-order valence-corrected chi connectivity index (χ1v) is 9.04. The van der Waals surface area contributed by atoms with Crippen LogP contribution in [0.15, 0.2) is 24.3 Å². The number of H-pyrrole nitrogens is 1. The summed E-state index contributed by atoms with van der Waals surface area (Å²) >= 11 is 0. The maximum absolute atomic E-state index is 12.8. The molecule has 0 unspecified atom stereocenters. The summed E-state index contributed by atoms with van der Waals surface area (Å²) in [4.78, 5) is 20.3. The molecular formula is C19H25N3O3. The molecule has 2 aromatic rings. The number of nitrogens with zero attached hydrogens (tertiary/aromatic N) is 2. The Hall–Kier alpha value is -2.05. The fraction of sp³-hybridized carbons (Fsp3) is 0.526. The summed E-state index contributed by atoms with van der Waals surface area (Å²) in [5.74, 6) is 0.818. The highest BCUT2D eigenvalue weighted by molar-refractivity contribution is 5.98. The van der Waals surface area contributed by atoms with Gasteiger partial charge in [-0.2, -0.15) is 0 Å². The van der Waals surface area contributed by atoms with Gasteiger partial charge in [-0.1, -0.05) is 0 Å². The molecule has 0 spiro atoms. The summed E-state index contributed by atoms with van der Waals surface area (Å²) in [6.45, 7) is 3.09. The summed E-state index contributed by atoms with van der Waals surface area (Å²) in [5.41, 5.74) is 1.54. The van der Waals surface area contributed by atoms with Crippen molar-refractivity contribution in [2.24, 2.45) is 0 Å². The summed E-state index contributed by atoms with van der Waals surface area (Å²) < 4.78 is 5.24. The van der Waals surface area contributed by atoms with Crippen molar-refractivity contribution in [2.45, 2.75) is 31.4 Å². The van der Waals surface area contributed by atoms with E-state index in [9.17, 15) is 9.90 Å². The second-order valence-electron chi connectivity index (χ2n) is 7.03.